The van der Waals surface area contributed by atoms with Crippen LogP contribution in [-0.2, 0) is 16.6 Å². The number of aromatic nitrogens is 2. The van der Waals surface area contributed by atoms with Crippen LogP contribution in [0.2, 0.25) is 0 Å². The van der Waals surface area contributed by atoms with Crippen molar-refractivity contribution in [3.8, 4) is 0 Å². The molecular formula is C12H16N4O2S2. The molecule has 3 N–H and O–H groups in total. The molecule has 1 aliphatic carbocycles. The van der Waals surface area contributed by atoms with Crippen LogP contribution in [-0.4, -0.2) is 24.7 Å². The lowest BCUT2D eigenvalue weighted by Crippen LogP contribution is -2.14. The van der Waals surface area contributed by atoms with Gasteiger partial charge in [0.05, 0.1) is 11.9 Å². The van der Waals surface area contributed by atoms with Gasteiger partial charge in [-0.2, -0.15) is 5.10 Å². The summed E-state index contributed by atoms with van der Waals surface area (Å²) in [4.78, 5) is 1.07. The van der Waals surface area contributed by atoms with Gasteiger partial charge in [0.25, 0.3) is 10.0 Å². The molecule has 2 heterocycles. The van der Waals surface area contributed by atoms with Crippen LogP contribution in [0, 0.1) is 6.92 Å². The van der Waals surface area contributed by atoms with Crippen LogP contribution in [0.3, 0.4) is 0 Å². The number of hydrogen-bond acceptors (Lipinski definition) is 5. The maximum Gasteiger partial charge on any atom is 0.271 e. The van der Waals surface area contributed by atoms with Crippen LogP contribution in [0.1, 0.15) is 23.3 Å². The lowest BCUT2D eigenvalue weighted by Gasteiger charge is -2.02. The summed E-state index contributed by atoms with van der Waals surface area (Å²) in [5, 5.41) is 9.70. The van der Waals surface area contributed by atoms with Crippen LogP contribution < -0.4 is 10.0 Å². The molecule has 3 rings (SSSR count). The summed E-state index contributed by atoms with van der Waals surface area (Å²) in [6.07, 6.45) is 5.39. The van der Waals surface area contributed by atoms with E-state index in [9.17, 15) is 8.42 Å². The molecule has 1 aliphatic rings. The fourth-order valence-electron chi connectivity index (χ4n) is 1.83. The first kappa shape index (κ1) is 13.6. The van der Waals surface area contributed by atoms with E-state index >= 15 is 0 Å². The van der Waals surface area contributed by atoms with Crippen molar-refractivity contribution in [2.75, 3.05) is 4.72 Å². The quantitative estimate of drug-likeness (QED) is 0.759. The molecule has 1 saturated carbocycles. The number of aromatic amines is 1. The van der Waals surface area contributed by atoms with E-state index in [1.54, 1.807) is 6.07 Å². The molecule has 0 aliphatic heterocycles. The molecule has 0 bridgehead atoms. The van der Waals surface area contributed by atoms with Gasteiger partial charge in [-0.25, -0.2) is 8.42 Å². The second-order valence-corrected chi connectivity index (χ2v) is 7.97. The van der Waals surface area contributed by atoms with Gasteiger partial charge < -0.3 is 5.32 Å². The summed E-state index contributed by atoms with van der Waals surface area (Å²) in [7, 11) is -3.53. The highest BCUT2D eigenvalue weighted by Gasteiger charge is 2.23. The van der Waals surface area contributed by atoms with Crippen LogP contribution in [0.15, 0.2) is 22.7 Å². The zero-order valence-corrected chi connectivity index (χ0v) is 12.6. The van der Waals surface area contributed by atoms with Crippen molar-refractivity contribution >= 4 is 27.0 Å². The van der Waals surface area contributed by atoms with Crippen LogP contribution in [0.4, 0.5) is 5.69 Å². The zero-order chi connectivity index (χ0) is 14.2. The first-order valence-electron chi connectivity index (χ1n) is 6.39. The van der Waals surface area contributed by atoms with Crippen LogP contribution in [0.5, 0.6) is 0 Å². The second kappa shape index (κ2) is 5.19. The van der Waals surface area contributed by atoms with Crippen molar-refractivity contribution in [1.29, 1.82) is 0 Å². The minimum atomic E-state index is -3.53. The highest BCUT2D eigenvalue weighted by molar-refractivity contribution is 7.94. The average Bonchev–Trinajstić information content (AvgIpc) is 2.94. The summed E-state index contributed by atoms with van der Waals surface area (Å²) in [5.74, 6) is 0. The van der Waals surface area contributed by atoms with Crippen molar-refractivity contribution in [3.05, 3.63) is 28.9 Å². The van der Waals surface area contributed by atoms with Gasteiger partial charge in [0, 0.05) is 23.7 Å². The molecule has 0 unspecified atom stereocenters. The zero-order valence-electron chi connectivity index (χ0n) is 11.0. The van der Waals surface area contributed by atoms with Gasteiger partial charge in [0.15, 0.2) is 0 Å². The van der Waals surface area contributed by atoms with E-state index in [4.69, 9.17) is 0 Å². The summed E-state index contributed by atoms with van der Waals surface area (Å²) >= 11 is 1.31. The first-order valence-corrected chi connectivity index (χ1v) is 8.69. The number of hydrogen-bond donors (Lipinski definition) is 3. The molecule has 6 nitrogen and oxygen atoms in total. The van der Waals surface area contributed by atoms with Crippen molar-refractivity contribution in [2.45, 2.75) is 36.6 Å². The van der Waals surface area contributed by atoms with Gasteiger partial charge in [0.1, 0.15) is 4.21 Å². The molecule has 0 radical (unpaired) electrons. The van der Waals surface area contributed by atoms with Crippen molar-refractivity contribution in [1.82, 2.24) is 15.5 Å². The highest BCUT2D eigenvalue weighted by Crippen LogP contribution is 2.28. The predicted molar refractivity (Wildman–Crippen MR) is 78.3 cm³/mol. The Morgan fingerprint density at radius 1 is 1.50 bits per heavy atom. The Labute approximate surface area is 121 Å². The molecule has 20 heavy (non-hydrogen) atoms. The van der Waals surface area contributed by atoms with Crippen molar-refractivity contribution in [2.24, 2.45) is 0 Å². The number of nitrogens with zero attached hydrogens (tertiary/aromatic N) is 1. The van der Waals surface area contributed by atoms with Gasteiger partial charge in [0.2, 0.25) is 0 Å². The van der Waals surface area contributed by atoms with E-state index in [0.29, 0.717) is 15.9 Å². The fourth-order valence-corrected chi connectivity index (χ4v) is 4.41. The van der Waals surface area contributed by atoms with Crippen molar-refractivity contribution in [3.63, 3.8) is 0 Å². The number of nitrogens with one attached hydrogen (secondary N) is 3. The number of H-pyrrole nitrogens is 1. The van der Waals surface area contributed by atoms with E-state index < -0.39 is 10.0 Å². The maximum atomic E-state index is 12.3. The van der Waals surface area contributed by atoms with Gasteiger partial charge in [-0.05, 0) is 31.4 Å². The van der Waals surface area contributed by atoms with Gasteiger partial charge in [-0.15, -0.1) is 11.3 Å². The summed E-state index contributed by atoms with van der Waals surface area (Å²) in [6, 6.07) is 2.33. The Morgan fingerprint density at radius 2 is 2.30 bits per heavy atom. The monoisotopic (exact) mass is 312 g/mol. The minimum absolute atomic E-state index is 0.337. The van der Waals surface area contributed by atoms with E-state index in [1.165, 1.54) is 36.6 Å². The molecule has 0 amide bonds. The molecular weight excluding hydrogens is 296 g/mol. The number of rotatable bonds is 6. The van der Waals surface area contributed by atoms with Gasteiger partial charge in [-0.3, -0.25) is 9.82 Å². The third-order valence-electron chi connectivity index (χ3n) is 3.14. The Hall–Kier alpha value is -1.38. The highest BCUT2D eigenvalue weighted by atomic mass is 32.2. The number of sulfonamides is 1. The van der Waals surface area contributed by atoms with E-state index in [0.717, 1.165) is 17.0 Å². The summed E-state index contributed by atoms with van der Waals surface area (Å²) < 4.78 is 27.3. The lowest BCUT2D eigenvalue weighted by molar-refractivity contribution is 0.603. The smallest absolute Gasteiger partial charge is 0.271 e. The first-order chi connectivity index (χ1) is 9.54. The largest absolute Gasteiger partial charge is 0.309 e. The SMILES string of the molecule is Cc1cc(S(=O)(=O)Nc2cn[nH]c2)sc1CNC1CC1. The molecule has 2 aromatic heterocycles. The topological polar surface area (TPSA) is 86.9 Å². The second-order valence-electron chi connectivity index (χ2n) is 4.92. The van der Waals surface area contributed by atoms with Crippen LogP contribution in [0.25, 0.3) is 0 Å². The predicted octanol–water partition coefficient (Wildman–Crippen LogP) is 1.83. The van der Waals surface area contributed by atoms with Gasteiger partial charge >= 0.3 is 0 Å². The fraction of sp³-hybridized carbons (Fsp3) is 0.417. The molecule has 0 saturated heterocycles. The van der Waals surface area contributed by atoms with E-state index in [1.807, 2.05) is 6.92 Å². The molecule has 1 fully saturated rings. The van der Waals surface area contributed by atoms with Gasteiger partial charge in [-0.1, -0.05) is 0 Å². The summed E-state index contributed by atoms with van der Waals surface area (Å²) in [5.41, 5.74) is 1.45. The van der Waals surface area contributed by atoms with Crippen LogP contribution >= 0.6 is 11.3 Å². The van der Waals surface area contributed by atoms with Crippen molar-refractivity contribution < 1.29 is 8.42 Å². The maximum absolute atomic E-state index is 12.3. The molecule has 8 heteroatoms. The Kier molecular flexibility index (Phi) is 3.53. The number of anilines is 1. The number of aryl methyl sites for hydroxylation is 1. The standard InChI is InChI=1S/C12H16N4O2S2/c1-8-4-12(19-11(8)7-13-9-2-3-9)20(17,18)16-10-5-14-15-6-10/h4-6,9,13,16H,2-3,7H2,1H3,(H,14,15). The molecule has 0 spiro atoms. The molecule has 108 valence electrons. The molecule has 0 aromatic carbocycles. The molecule has 0 atom stereocenters. The van der Waals surface area contributed by atoms with E-state index in [-0.39, 0.29) is 0 Å². The average molecular weight is 312 g/mol. The number of thiophene rings is 1. The van der Waals surface area contributed by atoms with E-state index in [2.05, 4.69) is 20.2 Å². The lowest BCUT2D eigenvalue weighted by atomic mass is 10.3. The molecule has 2 aromatic rings. The summed E-state index contributed by atoms with van der Waals surface area (Å²) in [6.45, 7) is 2.68. The Balaban J connectivity index is 1.76. The Bertz CT molecular complexity index is 687. The third kappa shape index (κ3) is 3.02. The minimum Gasteiger partial charge on any atom is -0.309 e. The third-order valence-corrected chi connectivity index (χ3v) is 6.23. The normalized spacial score (nSPS) is 15.4. The Morgan fingerprint density at radius 3 is 2.95 bits per heavy atom.